The Morgan fingerprint density at radius 3 is 1.95 bits per heavy atom. The van der Waals surface area contributed by atoms with Gasteiger partial charge in [0.1, 0.15) is 11.5 Å². The summed E-state index contributed by atoms with van der Waals surface area (Å²) in [4.78, 5) is 8.92. The summed E-state index contributed by atoms with van der Waals surface area (Å²) in [5, 5.41) is 0. The summed E-state index contributed by atoms with van der Waals surface area (Å²) in [6.07, 6.45) is 1.79. The van der Waals surface area contributed by atoms with Crippen LogP contribution in [0.5, 0.6) is 11.5 Å². The molecule has 1 heterocycles. The molecule has 2 aromatic carbocycles. The van der Waals surface area contributed by atoms with Crippen molar-refractivity contribution in [2.24, 2.45) is 0 Å². The fourth-order valence-corrected chi connectivity index (χ4v) is 2.30. The van der Waals surface area contributed by atoms with Crippen molar-refractivity contribution in [3.05, 3.63) is 71.7 Å². The zero-order valence-electron chi connectivity index (χ0n) is 13.0. The van der Waals surface area contributed by atoms with Crippen LogP contribution in [0.2, 0.25) is 0 Å². The van der Waals surface area contributed by atoms with Gasteiger partial charge in [0, 0.05) is 11.8 Å². The number of aromatic nitrogens is 2. The van der Waals surface area contributed by atoms with Gasteiger partial charge in [0.2, 0.25) is 0 Å². The monoisotopic (exact) mass is 290 g/mol. The Balaban J connectivity index is 1.81. The lowest BCUT2D eigenvalue weighted by molar-refractivity contribution is 0.482. The van der Waals surface area contributed by atoms with Gasteiger partial charge in [-0.15, -0.1) is 0 Å². The van der Waals surface area contributed by atoms with E-state index in [0.29, 0.717) is 0 Å². The fraction of sp³-hybridized carbons (Fsp3) is 0.158. The molecular weight excluding hydrogens is 272 g/mol. The molecule has 0 amide bonds. The van der Waals surface area contributed by atoms with Crippen molar-refractivity contribution in [1.82, 2.24) is 9.97 Å². The molecule has 0 unspecified atom stereocenters. The van der Waals surface area contributed by atoms with Crippen LogP contribution in [0, 0.1) is 20.8 Å². The third kappa shape index (κ3) is 3.14. The van der Waals surface area contributed by atoms with Gasteiger partial charge in [-0.1, -0.05) is 17.7 Å². The van der Waals surface area contributed by atoms with Gasteiger partial charge in [-0.05, 0) is 57.2 Å². The van der Waals surface area contributed by atoms with Crippen LogP contribution in [-0.4, -0.2) is 9.97 Å². The van der Waals surface area contributed by atoms with Gasteiger partial charge < -0.3 is 4.74 Å². The summed E-state index contributed by atoms with van der Waals surface area (Å²) in [6.45, 7) is 5.98. The van der Waals surface area contributed by atoms with Crippen LogP contribution < -0.4 is 4.74 Å². The van der Waals surface area contributed by atoms with E-state index < -0.39 is 0 Å². The van der Waals surface area contributed by atoms with Gasteiger partial charge in [-0.2, -0.15) is 0 Å². The highest BCUT2D eigenvalue weighted by molar-refractivity contribution is 5.62. The molecule has 3 nitrogen and oxygen atoms in total. The van der Waals surface area contributed by atoms with E-state index in [9.17, 15) is 0 Å². The first-order valence-corrected chi connectivity index (χ1v) is 7.27. The smallest absolute Gasteiger partial charge is 0.127 e. The van der Waals surface area contributed by atoms with E-state index in [4.69, 9.17) is 4.74 Å². The maximum absolute atomic E-state index is 5.84. The molecule has 0 N–H and O–H groups in total. The third-order valence-electron chi connectivity index (χ3n) is 3.45. The molecule has 3 aromatic rings. The molecule has 0 saturated carbocycles. The van der Waals surface area contributed by atoms with Gasteiger partial charge in [0.15, 0.2) is 0 Å². The molecular formula is C19H18N2O. The molecule has 22 heavy (non-hydrogen) atoms. The Kier molecular flexibility index (Phi) is 3.88. The predicted molar refractivity (Wildman–Crippen MR) is 88.2 cm³/mol. The first-order valence-electron chi connectivity index (χ1n) is 7.27. The van der Waals surface area contributed by atoms with Gasteiger partial charge >= 0.3 is 0 Å². The Bertz CT molecular complexity index is 778. The van der Waals surface area contributed by atoms with E-state index in [1.54, 1.807) is 6.20 Å². The standard InChI is InChI=1S/C19H18N2O/c1-13-4-8-17(9-5-13)22-18-10-6-16(7-11-18)19-15(3)21-14(2)12-20-19/h4-12H,1-3H3. The number of ether oxygens (including phenoxy) is 1. The van der Waals surface area contributed by atoms with Crippen molar-refractivity contribution < 1.29 is 4.74 Å². The maximum atomic E-state index is 5.84. The summed E-state index contributed by atoms with van der Waals surface area (Å²) in [6, 6.07) is 15.9. The molecule has 0 aliphatic rings. The Morgan fingerprint density at radius 1 is 0.773 bits per heavy atom. The zero-order valence-corrected chi connectivity index (χ0v) is 13.0. The predicted octanol–water partition coefficient (Wildman–Crippen LogP) is 4.86. The molecule has 0 spiro atoms. The van der Waals surface area contributed by atoms with Gasteiger partial charge in [-0.25, -0.2) is 0 Å². The minimum atomic E-state index is 0.810. The summed E-state index contributed by atoms with van der Waals surface area (Å²) < 4.78 is 5.84. The van der Waals surface area contributed by atoms with E-state index in [0.717, 1.165) is 34.1 Å². The number of hydrogen-bond acceptors (Lipinski definition) is 3. The van der Waals surface area contributed by atoms with Gasteiger partial charge in [0.25, 0.3) is 0 Å². The van der Waals surface area contributed by atoms with Crippen LogP contribution in [0.3, 0.4) is 0 Å². The minimum Gasteiger partial charge on any atom is -0.457 e. The normalized spacial score (nSPS) is 10.5. The van der Waals surface area contributed by atoms with Crippen LogP contribution in [-0.2, 0) is 0 Å². The SMILES string of the molecule is Cc1ccc(Oc2ccc(-c3ncc(C)nc3C)cc2)cc1. The number of benzene rings is 2. The summed E-state index contributed by atoms with van der Waals surface area (Å²) in [5.41, 5.74) is 5.04. The van der Waals surface area contributed by atoms with Crippen LogP contribution >= 0.6 is 0 Å². The Labute approximate surface area is 130 Å². The Morgan fingerprint density at radius 2 is 1.36 bits per heavy atom. The molecule has 0 aliphatic carbocycles. The highest BCUT2D eigenvalue weighted by Gasteiger charge is 2.05. The summed E-state index contributed by atoms with van der Waals surface area (Å²) in [7, 11) is 0. The van der Waals surface area contributed by atoms with Gasteiger partial charge in [0.05, 0.1) is 17.1 Å². The lowest BCUT2D eigenvalue weighted by Gasteiger charge is -2.08. The first kappa shape index (κ1) is 14.3. The lowest BCUT2D eigenvalue weighted by Crippen LogP contribution is -1.94. The number of nitrogens with zero attached hydrogens (tertiary/aromatic N) is 2. The molecule has 0 bridgehead atoms. The quantitative estimate of drug-likeness (QED) is 0.691. The molecule has 0 fully saturated rings. The highest BCUT2D eigenvalue weighted by Crippen LogP contribution is 2.26. The van der Waals surface area contributed by atoms with E-state index in [1.807, 2.05) is 62.4 Å². The number of rotatable bonds is 3. The van der Waals surface area contributed by atoms with Crippen molar-refractivity contribution >= 4 is 0 Å². The van der Waals surface area contributed by atoms with Crippen LogP contribution in [0.25, 0.3) is 11.3 Å². The maximum Gasteiger partial charge on any atom is 0.127 e. The van der Waals surface area contributed by atoms with Crippen molar-refractivity contribution in [2.45, 2.75) is 20.8 Å². The number of hydrogen-bond donors (Lipinski definition) is 0. The Hall–Kier alpha value is -2.68. The van der Waals surface area contributed by atoms with Gasteiger partial charge in [-0.3, -0.25) is 9.97 Å². The molecule has 1 aromatic heterocycles. The molecule has 0 aliphatic heterocycles. The molecule has 3 heteroatoms. The average Bonchev–Trinajstić information content (AvgIpc) is 2.51. The van der Waals surface area contributed by atoms with Crippen molar-refractivity contribution in [1.29, 1.82) is 0 Å². The van der Waals surface area contributed by atoms with Crippen molar-refractivity contribution in [2.75, 3.05) is 0 Å². The van der Waals surface area contributed by atoms with Crippen molar-refractivity contribution in [3.8, 4) is 22.8 Å². The fourth-order valence-electron chi connectivity index (χ4n) is 2.30. The molecule has 0 radical (unpaired) electrons. The third-order valence-corrected chi connectivity index (χ3v) is 3.45. The molecule has 3 rings (SSSR count). The zero-order chi connectivity index (χ0) is 15.5. The molecule has 110 valence electrons. The highest BCUT2D eigenvalue weighted by atomic mass is 16.5. The molecule has 0 atom stereocenters. The number of aryl methyl sites for hydroxylation is 3. The van der Waals surface area contributed by atoms with Crippen LogP contribution in [0.1, 0.15) is 17.0 Å². The summed E-state index contributed by atoms with van der Waals surface area (Å²) in [5.74, 6) is 1.65. The molecule has 0 saturated heterocycles. The lowest BCUT2D eigenvalue weighted by atomic mass is 10.1. The van der Waals surface area contributed by atoms with Crippen LogP contribution in [0.4, 0.5) is 0 Å². The van der Waals surface area contributed by atoms with E-state index in [1.165, 1.54) is 5.56 Å². The second-order valence-corrected chi connectivity index (χ2v) is 5.38. The average molecular weight is 290 g/mol. The van der Waals surface area contributed by atoms with E-state index >= 15 is 0 Å². The summed E-state index contributed by atoms with van der Waals surface area (Å²) >= 11 is 0. The largest absolute Gasteiger partial charge is 0.457 e. The minimum absolute atomic E-state index is 0.810. The van der Waals surface area contributed by atoms with Crippen LogP contribution in [0.15, 0.2) is 54.7 Å². The van der Waals surface area contributed by atoms with E-state index in [2.05, 4.69) is 16.9 Å². The van der Waals surface area contributed by atoms with Crippen molar-refractivity contribution in [3.63, 3.8) is 0 Å². The first-order chi connectivity index (χ1) is 10.6. The second kappa shape index (κ2) is 5.98. The van der Waals surface area contributed by atoms with E-state index in [-0.39, 0.29) is 0 Å². The topological polar surface area (TPSA) is 35.0 Å². The second-order valence-electron chi connectivity index (χ2n) is 5.38.